The van der Waals surface area contributed by atoms with Gasteiger partial charge in [0.25, 0.3) is 0 Å². The zero-order valence-electron chi connectivity index (χ0n) is 17.8. The number of rotatable bonds is 5. The highest BCUT2D eigenvalue weighted by atomic mass is 16.5. The highest BCUT2D eigenvalue weighted by Crippen LogP contribution is 2.25. The molecule has 0 heterocycles. The van der Waals surface area contributed by atoms with Crippen molar-refractivity contribution in [1.29, 1.82) is 5.41 Å². The molecule has 0 amide bonds. The molecule has 146 valence electrons. The minimum atomic E-state index is 0.125. The van der Waals surface area contributed by atoms with Crippen molar-refractivity contribution >= 4 is 11.5 Å². The van der Waals surface area contributed by atoms with E-state index in [1.165, 1.54) is 11.1 Å². The van der Waals surface area contributed by atoms with Crippen molar-refractivity contribution in [3.63, 3.8) is 0 Å². The van der Waals surface area contributed by atoms with E-state index in [4.69, 9.17) is 10.1 Å². The van der Waals surface area contributed by atoms with Gasteiger partial charge in [-0.3, -0.25) is 4.79 Å². The van der Waals surface area contributed by atoms with Crippen LogP contribution in [0.1, 0.15) is 68.1 Å². The van der Waals surface area contributed by atoms with Gasteiger partial charge < -0.3 is 10.1 Å². The molecule has 0 unspecified atom stereocenters. The maximum absolute atomic E-state index is 10.8. The van der Waals surface area contributed by atoms with E-state index in [0.29, 0.717) is 5.71 Å². The summed E-state index contributed by atoms with van der Waals surface area (Å²) < 4.78 is 5.36. The highest BCUT2D eigenvalue weighted by Gasteiger charge is 2.15. The second kappa shape index (κ2) is 10.1. The summed E-state index contributed by atoms with van der Waals surface area (Å²) in [6.45, 7) is 12.1. The first-order chi connectivity index (χ1) is 12.6. The lowest BCUT2D eigenvalue weighted by atomic mass is 9.87. The summed E-state index contributed by atoms with van der Waals surface area (Å²) in [5.41, 5.74) is 4.95. The molecule has 0 saturated carbocycles. The van der Waals surface area contributed by atoms with E-state index in [1.54, 1.807) is 14.0 Å². The molecule has 1 N–H and O–H groups in total. The van der Waals surface area contributed by atoms with Crippen LogP contribution in [0.4, 0.5) is 0 Å². The Labute approximate surface area is 164 Å². The molecule has 3 heteroatoms. The molecule has 0 bridgehead atoms. The Balaban J connectivity index is 0.000000309. The van der Waals surface area contributed by atoms with Crippen LogP contribution in [0.25, 0.3) is 0 Å². The Kier molecular flexibility index (Phi) is 8.42. The first-order valence-electron chi connectivity index (χ1n) is 9.39. The van der Waals surface area contributed by atoms with E-state index in [1.807, 2.05) is 43.3 Å². The summed E-state index contributed by atoms with van der Waals surface area (Å²) >= 11 is 0. The van der Waals surface area contributed by atoms with Gasteiger partial charge in [-0.05, 0) is 49.3 Å². The standard InChI is InChI=1S/C15H23NO.C9H10O/c1-6-11-7-8-12(9-14(11)17-5)13(16)10-15(2,3)4;1-7-3-5-9(6-4-7)8(2)10/h7-9,16H,6,10H2,1-5H3;3-6H,1-2H3. The first-order valence-corrected chi connectivity index (χ1v) is 9.39. The van der Waals surface area contributed by atoms with Crippen molar-refractivity contribution in [3.8, 4) is 5.75 Å². The average molecular weight is 368 g/mol. The lowest BCUT2D eigenvalue weighted by molar-refractivity contribution is 0.101. The Hall–Kier alpha value is -2.42. The SMILES string of the molecule is CC(=O)c1ccc(C)cc1.CCc1ccc(C(=N)CC(C)(C)C)cc1OC. The molecular weight excluding hydrogens is 334 g/mol. The number of methoxy groups -OCH3 is 1. The molecule has 2 aromatic rings. The summed E-state index contributed by atoms with van der Waals surface area (Å²) in [7, 11) is 1.69. The van der Waals surface area contributed by atoms with Gasteiger partial charge in [-0.25, -0.2) is 0 Å². The molecule has 3 nitrogen and oxygen atoms in total. The number of hydrogen-bond donors (Lipinski definition) is 1. The molecule has 0 saturated heterocycles. The quantitative estimate of drug-likeness (QED) is 0.501. The zero-order chi connectivity index (χ0) is 20.6. The minimum Gasteiger partial charge on any atom is -0.496 e. The van der Waals surface area contributed by atoms with Crippen LogP contribution in [0.15, 0.2) is 42.5 Å². The van der Waals surface area contributed by atoms with E-state index >= 15 is 0 Å². The van der Waals surface area contributed by atoms with Crippen LogP contribution in [-0.2, 0) is 6.42 Å². The van der Waals surface area contributed by atoms with Crippen LogP contribution < -0.4 is 4.74 Å². The fourth-order valence-electron chi connectivity index (χ4n) is 2.65. The van der Waals surface area contributed by atoms with Gasteiger partial charge in [0, 0.05) is 11.3 Å². The Morgan fingerprint density at radius 2 is 1.59 bits per heavy atom. The Bertz CT molecular complexity index is 768. The van der Waals surface area contributed by atoms with Crippen molar-refractivity contribution in [2.75, 3.05) is 7.11 Å². The summed E-state index contributed by atoms with van der Waals surface area (Å²) in [4.78, 5) is 10.8. The zero-order valence-corrected chi connectivity index (χ0v) is 17.8. The molecule has 0 atom stereocenters. The van der Waals surface area contributed by atoms with Gasteiger partial charge in [-0.15, -0.1) is 0 Å². The molecule has 0 spiro atoms. The van der Waals surface area contributed by atoms with Gasteiger partial charge in [0.15, 0.2) is 5.78 Å². The number of ether oxygens (including phenoxy) is 1. The van der Waals surface area contributed by atoms with Crippen molar-refractivity contribution in [2.45, 2.75) is 54.4 Å². The van der Waals surface area contributed by atoms with Gasteiger partial charge in [-0.2, -0.15) is 0 Å². The van der Waals surface area contributed by atoms with Crippen molar-refractivity contribution < 1.29 is 9.53 Å². The number of carbonyl (C=O) groups excluding carboxylic acids is 1. The molecule has 2 rings (SSSR count). The first kappa shape index (κ1) is 22.6. The maximum atomic E-state index is 10.8. The van der Waals surface area contributed by atoms with Gasteiger partial charge >= 0.3 is 0 Å². The van der Waals surface area contributed by atoms with E-state index in [-0.39, 0.29) is 11.2 Å². The van der Waals surface area contributed by atoms with Crippen LogP contribution in [0.3, 0.4) is 0 Å². The van der Waals surface area contributed by atoms with E-state index in [0.717, 1.165) is 29.7 Å². The Morgan fingerprint density at radius 3 is 2.04 bits per heavy atom. The number of aryl methyl sites for hydroxylation is 2. The molecule has 0 aromatic heterocycles. The number of ketones is 1. The smallest absolute Gasteiger partial charge is 0.159 e. The van der Waals surface area contributed by atoms with Crippen molar-refractivity contribution in [2.24, 2.45) is 5.41 Å². The van der Waals surface area contributed by atoms with Crippen LogP contribution in [0, 0.1) is 17.7 Å². The second-order valence-corrected chi connectivity index (χ2v) is 8.02. The van der Waals surface area contributed by atoms with Crippen LogP contribution in [0.5, 0.6) is 5.75 Å². The maximum Gasteiger partial charge on any atom is 0.159 e. The average Bonchev–Trinajstić information content (AvgIpc) is 2.60. The topological polar surface area (TPSA) is 50.2 Å². The lowest BCUT2D eigenvalue weighted by Crippen LogP contribution is -2.13. The third kappa shape index (κ3) is 7.78. The normalized spacial score (nSPS) is 10.6. The predicted molar refractivity (Wildman–Crippen MR) is 114 cm³/mol. The molecule has 0 radical (unpaired) electrons. The lowest BCUT2D eigenvalue weighted by Gasteiger charge is -2.19. The fourth-order valence-corrected chi connectivity index (χ4v) is 2.65. The molecule has 0 aliphatic rings. The van der Waals surface area contributed by atoms with Crippen LogP contribution in [-0.4, -0.2) is 18.6 Å². The van der Waals surface area contributed by atoms with Gasteiger partial charge in [0.1, 0.15) is 5.75 Å². The summed E-state index contributed by atoms with van der Waals surface area (Å²) in [6.07, 6.45) is 1.73. The predicted octanol–water partition coefficient (Wildman–Crippen LogP) is 6.26. The van der Waals surface area contributed by atoms with E-state index in [9.17, 15) is 4.79 Å². The Morgan fingerprint density at radius 1 is 1.04 bits per heavy atom. The van der Waals surface area contributed by atoms with E-state index in [2.05, 4.69) is 33.8 Å². The molecular formula is C24H33NO2. The largest absolute Gasteiger partial charge is 0.496 e. The minimum absolute atomic E-state index is 0.125. The third-order valence-electron chi connectivity index (χ3n) is 4.18. The molecule has 27 heavy (non-hydrogen) atoms. The number of nitrogens with one attached hydrogen (secondary N) is 1. The molecule has 2 aromatic carbocycles. The number of carbonyl (C=O) groups is 1. The van der Waals surface area contributed by atoms with Crippen LogP contribution in [0.2, 0.25) is 0 Å². The van der Waals surface area contributed by atoms with Gasteiger partial charge in [0.2, 0.25) is 0 Å². The molecule has 0 aliphatic carbocycles. The highest BCUT2D eigenvalue weighted by molar-refractivity contribution is 5.99. The summed E-state index contributed by atoms with van der Waals surface area (Å²) in [5, 5.41) is 8.13. The van der Waals surface area contributed by atoms with Gasteiger partial charge in [-0.1, -0.05) is 69.7 Å². The molecule has 0 aliphatic heterocycles. The van der Waals surface area contributed by atoms with Crippen molar-refractivity contribution in [3.05, 3.63) is 64.7 Å². The molecule has 0 fully saturated rings. The van der Waals surface area contributed by atoms with Gasteiger partial charge in [0.05, 0.1) is 7.11 Å². The number of hydrogen-bond acceptors (Lipinski definition) is 3. The number of Topliss-reactive ketones (excluding diaryl/α,β-unsaturated/α-hetero) is 1. The van der Waals surface area contributed by atoms with Crippen molar-refractivity contribution in [1.82, 2.24) is 0 Å². The second-order valence-electron chi connectivity index (χ2n) is 8.02. The summed E-state index contributed by atoms with van der Waals surface area (Å²) in [5.74, 6) is 1.02. The number of benzene rings is 2. The van der Waals surface area contributed by atoms with E-state index < -0.39 is 0 Å². The monoisotopic (exact) mass is 367 g/mol. The third-order valence-corrected chi connectivity index (χ3v) is 4.18. The fraction of sp³-hybridized carbons (Fsp3) is 0.417. The van der Waals surface area contributed by atoms with Crippen LogP contribution >= 0.6 is 0 Å². The summed E-state index contributed by atoms with van der Waals surface area (Å²) in [6, 6.07) is 13.6.